The van der Waals surface area contributed by atoms with Crippen LogP contribution in [0.15, 0.2) is 24.4 Å². The zero-order chi connectivity index (χ0) is 14.9. The minimum absolute atomic E-state index is 0.0112. The molecule has 7 heteroatoms. The van der Waals surface area contributed by atoms with E-state index in [-0.39, 0.29) is 21.5 Å². The number of aromatic nitrogens is 1. The molecule has 0 fully saturated rings. The molecule has 0 radical (unpaired) electrons. The monoisotopic (exact) mass is 331 g/mol. The van der Waals surface area contributed by atoms with Gasteiger partial charge in [-0.05, 0) is 12.1 Å². The van der Waals surface area contributed by atoms with Gasteiger partial charge in [0, 0.05) is 23.4 Å². The molecule has 1 N–H and O–H groups in total. The fourth-order valence-electron chi connectivity index (χ4n) is 1.67. The van der Waals surface area contributed by atoms with Gasteiger partial charge in [0.2, 0.25) is 5.88 Å². The van der Waals surface area contributed by atoms with Gasteiger partial charge in [-0.15, -0.1) is 0 Å². The third kappa shape index (κ3) is 2.82. The molecule has 0 unspecified atom stereocenters. The van der Waals surface area contributed by atoms with Crippen LogP contribution in [0, 0.1) is 0 Å². The van der Waals surface area contributed by atoms with Crippen LogP contribution < -0.4 is 4.74 Å². The first kappa shape index (κ1) is 14.9. The van der Waals surface area contributed by atoms with E-state index >= 15 is 0 Å². The van der Waals surface area contributed by atoms with Crippen molar-refractivity contribution in [1.29, 1.82) is 0 Å². The first-order valence-corrected chi connectivity index (χ1v) is 6.49. The standard InChI is InChI=1S/C13H8Cl3NO3/c1-20-12-3-7(13(18)19)8(5-17-12)6-2-10(15)11(16)4-9(6)14/h2-5H,1H3,(H,18,19). The van der Waals surface area contributed by atoms with Crippen LogP contribution in [0.25, 0.3) is 11.1 Å². The van der Waals surface area contributed by atoms with Crippen molar-refractivity contribution >= 4 is 40.8 Å². The van der Waals surface area contributed by atoms with Crippen molar-refractivity contribution in [2.24, 2.45) is 0 Å². The van der Waals surface area contributed by atoms with Crippen molar-refractivity contribution < 1.29 is 14.6 Å². The summed E-state index contributed by atoms with van der Waals surface area (Å²) in [6.45, 7) is 0. The highest BCUT2D eigenvalue weighted by molar-refractivity contribution is 6.44. The number of methoxy groups -OCH3 is 1. The van der Waals surface area contributed by atoms with E-state index in [4.69, 9.17) is 39.5 Å². The summed E-state index contributed by atoms with van der Waals surface area (Å²) >= 11 is 17.9. The molecule has 20 heavy (non-hydrogen) atoms. The molecule has 2 aromatic rings. The fraction of sp³-hybridized carbons (Fsp3) is 0.0769. The van der Waals surface area contributed by atoms with Crippen LogP contribution in [-0.2, 0) is 0 Å². The van der Waals surface area contributed by atoms with Crippen LogP contribution in [0.4, 0.5) is 0 Å². The Kier molecular flexibility index (Phi) is 4.38. The van der Waals surface area contributed by atoms with E-state index in [1.54, 1.807) is 0 Å². The van der Waals surface area contributed by atoms with Crippen LogP contribution in [0.2, 0.25) is 15.1 Å². The summed E-state index contributed by atoms with van der Waals surface area (Å²) in [5.41, 5.74) is 0.785. The van der Waals surface area contributed by atoms with Gasteiger partial charge < -0.3 is 9.84 Å². The summed E-state index contributed by atoms with van der Waals surface area (Å²) < 4.78 is 4.91. The number of carboxylic acids is 1. The second-order valence-corrected chi connectivity index (χ2v) is 5.05. The average Bonchev–Trinajstić information content (AvgIpc) is 2.42. The van der Waals surface area contributed by atoms with Gasteiger partial charge in [-0.3, -0.25) is 0 Å². The Morgan fingerprint density at radius 1 is 1.10 bits per heavy atom. The van der Waals surface area contributed by atoms with Gasteiger partial charge in [-0.2, -0.15) is 0 Å². The SMILES string of the molecule is COc1cc(C(=O)O)c(-c2cc(Cl)c(Cl)cc2Cl)cn1. The normalized spacial score (nSPS) is 10.4. The number of pyridine rings is 1. The molecule has 4 nitrogen and oxygen atoms in total. The zero-order valence-electron chi connectivity index (χ0n) is 10.2. The number of ether oxygens (including phenoxy) is 1. The van der Waals surface area contributed by atoms with Crippen LogP contribution in [0.3, 0.4) is 0 Å². The van der Waals surface area contributed by atoms with Gasteiger partial charge >= 0.3 is 5.97 Å². The fourth-order valence-corrected chi connectivity index (χ4v) is 2.32. The van der Waals surface area contributed by atoms with E-state index in [1.165, 1.54) is 31.5 Å². The van der Waals surface area contributed by atoms with E-state index in [2.05, 4.69) is 4.98 Å². The Bertz CT molecular complexity index is 689. The van der Waals surface area contributed by atoms with E-state index in [0.29, 0.717) is 16.1 Å². The summed E-state index contributed by atoms with van der Waals surface area (Å²) in [6.07, 6.45) is 1.37. The molecule has 1 aromatic heterocycles. The van der Waals surface area contributed by atoms with Crippen molar-refractivity contribution in [3.05, 3.63) is 45.0 Å². The highest BCUT2D eigenvalue weighted by Gasteiger charge is 2.17. The molecule has 1 heterocycles. The Labute approximate surface area is 129 Å². The summed E-state index contributed by atoms with van der Waals surface area (Å²) in [5.74, 6) is -0.926. The molecule has 0 saturated carbocycles. The van der Waals surface area contributed by atoms with E-state index in [0.717, 1.165) is 0 Å². The zero-order valence-corrected chi connectivity index (χ0v) is 12.4. The van der Waals surface area contributed by atoms with Gasteiger partial charge in [0.25, 0.3) is 0 Å². The lowest BCUT2D eigenvalue weighted by Crippen LogP contribution is -2.02. The predicted molar refractivity (Wildman–Crippen MR) is 78.2 cm³/mol. The first-order chi connectivity index (χ1) is 9.43. The lowest BCUT2D eigenvalue weighted by atomic mass is 10.0. The highest BCUT2D eigenvalue weighted by atomic mass is 35.5. The van der Waals surface area contributed by atoms with Gasteiger partial charge in [0.05, 0.1) is 27.7 Å². The predicted octanol–water partition coefficient (Wildman–Crippen LogP) is 4.42. The largest absolute Gasteiger partial charge is 0.481 e. The molecular formula is C13H8Cl3NO3. The third-order valence-corrected chi connectivity index (χ3v) is 3.65. The lowest BCUT2D eigenvalue weighted by Gasteiger charge is -2.10. The average molecular weight is 333 g/mol. The molecule has 0 atom stereocenters. The maximum absolute atomic E-state index is 11.3. The Balaban J connectivity index is 2.69. The number of rotatable bonds is 3. The number of halogens is 3. The van der Waals surface area contributed by atoms with Crippen LogP contribution in [0.1, 0.15) is 10.4 Å². The molecule has 0 saturated heterocycles. The summed E-state index contributed by atoms with van der Waals surface area (Å²) in [6, 6.07) is 4.27. The number of hydrogen-bond acceptors (Lipinski definition) is 3. The second-order valence-electron chi connectivity index (χ2n) is 3.82. The summed E-state index contributed by atoms with van der Waals surface area (Å²) in [7, 11) is 1.40. The van der Waals surface area contributed by atoms with E-state index in [9.17, 15) is 9.90 Å². The van der Waals surface area contributed by atoms with Crippen molar-refractivity contribution in [1.82, 2.24) is 4.98 Å². The van der Waals surface area contributed by atoms with Gasteiger partial charge in [0.15, 0.2) is 0 Å². The molecule has 0 spiro atoms. The van der Waals surface area contributed by atoms with Crippen molar-refractivity contribution in [2.45, 2.75) is 0 Å². The first-order valence-electron chi connectivity index (χ1n) is 5.36. The van der Waals surface area contributed by atoms with Gasteiger partial charge in [-0.25, -0.2) is 9.78 Å². The quantitative estimate of drug-likeness (QED) is 0.845. The molecule has 104 valence electrons. The second kappa shape index (κ2) is 5.87. The number of carbonyl (C=O) groups is 1. The minimum atomic E-state index is -1.12. The number of nitrogens with zero attached hydrogens (tertiary/aromatic N) is 1. The summed E-state index contributed by atoms with van der Waals surface area (Å²) in [5, 5.41) is 10.1. The molecule has 2 rings (SSSR count). The van der Waals surface area contributed by atoms with E-state index < -0.39 is 5.97 Å². The number of benzene rings is 1. The minimum Gasteiger partial charge on any atom is -0.481 e. The van der Waals surface area contributed by atoms with Gasteiger partial charge in [-0.1, -0.05) is 34.8 Å². The topological polar surface area (TPSA) is 59.4 Å². The van der Waals surface area contributed by atoms with E-state index in [1.807, 2.05) is 0 Å². The number of carboxylic acid groups (broad SMARTS) is 1. The third-order valence-electron chi connectivity index (χ3n) is 2.62. The molecule has 1 aromatic carbocycles. The molecule has 0 aliphatic heterocycles. The maximum atomic E-state index is 11.3. The van der Waals surface area contributed by atoms with Gasteiger partial charge in [0.1, 0.15) is 0 Å². The Hall–Kier alpha value is -1.49. The smallest absolute Gasteiger partial charge is 0.336 e. The van der Waals surface area contributed by atoms with Crippen LogP contribution in [0.5, 0.6) is 5.88 Å². The maximum Gasteiger partial charge on any atom is 0.336 e. The molecular weight excluding hydrogens is 325 g/mol. The Morgan fingerprint density at radius 3 is 2.35 bits per heavy atom. The van der Waals surface area contributed by atoms with Crippen molar-refractivity contribution in [3.8, 4) is 17.0 Å². The molecule has 0 amide bonds. The number of hydrogen-bond donors (Lipinski definition) is 1. The molecule has 0 bridgehead atoms. The van der Waals surface area contributed by atoms with Crippen LogP contribution >= 0.6 is 34.8 Å². The molecule has 0 aliphatic rings. The lowest BCUT2D eigenvalue weighted by molar-refractivity contribution is 0.0697. The van der Waals surface area contributed by atoms with Crippen molar-refractivity contribution in [3.63, 3.8) is 0 Å². The molecule has 0 aliphatic carbocycles. The van der Waals surface area contributed by atoms with Crippen LogP contribution in [-0.4, -0.2) is 23.2 Å². The Morgan fingerprint density at radius 2 is 1.75 bits per heavy atom. The van der Waals surface area contributed by atoms with Crippen molar-refractivity contribution in [2.75, 3.05) is 7.11 Å². The summed E-state index contributed by atoms with van der Waals surface area (Å²) in [4.78, 5) is 15.3. The highest BCUT2D eigenvalue weighted by Crippen LogP contribution is 2.37. The number of aromatic carboxylic acids is 1.